The lowest BCUT2D eigenvalue weighted by Gasteiger charge is -2.23. The second-order valence-electron chi connectivity index (χ2n) is 8.62. The van der Waals surface area contributed by atoms with Gasteiger partial charge in [-0.25, -0.2) is 0 Å². The van der Waals surface area contributed by atoms with Gasteiger partial charge in [-0.05, 0) is 25.8 Å². The van der Waals surface area contributed by atoms with Crippen LogP contribution in [0.15, 0.2) is 0 Å². The monoisotopic (exact) mass is 476 g/mol. The lowest BCUT2D eigenvalue weighted by atomic mass is 10.1. The number of terminal acetylenes is 1. The Morgan fingerprint density at radius 3 is 2.42 bits per heavy atom. The molecule has 3 amide bonds. The summed E-state index contributed by atoms with van der Waals surface area (Å²) < 4.78 is 37.0. The molecule has 1 aliphatic rings. The summed E-state index contributed by atoms with van der Waals surface area (Å²) in [4.78, 5) is 39.0. The average Bonchev–Trinajstić information content (AvgIpc) is 3.55. The highest BCUT2D eigenvalue weighted by Crippen LogP contribution is 2.33. The smallest absolute Gasteiger partial charge is 0.391 e. The van der Waals surface area contributed by atoms with Crippen molar-refractivity contribution in [3.63, 3.8) is 0 Å². The van der Waals surface area contributed by atoms with E-state index >= 15 is 0 Å². The van der Waals surface area contributed by atoms with E-state index in [1.165, 1.54) is 31.8 Å². The van der Waals surface area contributed by atoms with Crippen LogP contribution in [0.5, 0.6) is 0 Å². The van der Waals surface area contributed by atoms with E-state index in [9.17, 15) is 32.7 Å². The molecule has 0 aromatic heterocycles. The Hall–Kier alpha value is -2.32. The molecule has 0 aromatic carbocycles. The van der Waals surface area contributed by atoms with Crippen molar-refractivity contribution in [3.8, 4) is 12.3 Å². The third-order valence-corrected chi connectivity index (χ3v) is 5.35. The van der Waals surface area contributed by atoms with Crippen molar-refractivity contribution in [1.82, 2.24) is 20.4 Å². The van der Waals surface area contributed by atoms with Crippen molar-refractivity contribution in [2.75, 3.05) is 40.3 Å². The quantitative estimate of drug-likeness (QED) is 0.305. The summed E-state index contributed by atoms with van der Waals surface area (Å²) >= 11 is 0. The average molecular weight is 477 g/mol. The van der Waals surface area contributed by atoms with Crippen LogP contribution >= 0.6 is 0 Å². The van der Waals surface area contributed by atoms with Crippen LogP contribution in [0.2, 0.25) is 0 Å². The molecule has 3 N–H and O–H groups in total. The molecular formula is C22H35F3N4O4. The zero-order valence-corrected chi connectivity index (χ0v) is 19.3. The largest absolute Gasteiger partial charge is 0.401 e. The fraction of sp³-hybridized carbons (Fsp3) is 0.773. The highest BCUT2D eigenvalue weighted by molar-refractivity contribution is 5.89. The number of rotatable bonds is 15. The van der Waals surface area contributed by atoms with Crippen LogP contribution in [-0.2, 0) is 14.4 Å². The second kappa shape index (κ2) is 14.1. The second-order valence-corrected chi connectivity index (χ2v) is 8.62. The Kier molecular flexibility index (Phi) is 12.2. The molecule has 188 valence electrons. The third-order valence-electron chi connectivity index (χ3n) is 5.35. The number of hydrogen-bond donors (Lipinski definition) is 3. The lowest BCUT2D eigenvalue weighted by Crippen LogP contribution is -2.48. The van der Waals surface area contributed by atoms with E-state index in [1.54, 1.807) is 0 Å². The van der Waals surface area contributed by atoms with Gasteiger partial charge in [0.1, 0.15) is 6.04 Å². The maximum Gasteiger partial charge on any atom is 0.401 e. The summed E-state index contributed by atoms with van der Waals surface area (Å²) in [6.45, 7) is -0.898. The fourth-order valence-electron chi connectivity index (χ4n) is 3.11. The van der Waals surface area contributed by atoms with Crippen molar-refractivity contribution in [3.05, 3.63) is 0 Å². The summed E-state index contributed by atoms with van der Waals surface area (Å²) in [5.41, 5.74) is 0. The number of aliphatic hydroxyl groups excluding tert-OH is 1. The summed E-state index contributed by atoms with van der Waals surface area (Å²) in [5, 5.41) is 15.0. The van der Waals surface area contributed by atoms with Crippen LogP contribution < -0.4 is 10.6 Å². The van der Waals surface area contributed by atoms with Gasteiger partial charge in [-0.1, -0.05) is 12.8 Å². The zero-order valence-electron chi connectivity index (χ0n) is 19.3. The van der Waals surface area contributed by atoms with Gasteiger partial charge in [-0.15, -0.1) is 12.3 Å². The molecule has 0 saturated heterocycles. The van der Waals surface area contributed by atoms with Gasteiger partial charge in [-0.2, -0.15) is 13.2 Å². The first-order valence-corrected chi connectivity index (χ1v) is 11.1. The molecule has 0 aliphatic heterocycles. The number of likely N-dealkylation sites (N-methyl/N-ethyl adjacent to an activating group) is 2. The molecule has 1 fully saturated rings. The third kappa shape index (κ3) is 13.7. The Morgan fingerprint density at radius 2 is 1.85 bits per heavy atom. The Bertz CT molecular complexity index is 692. The molecule has 0 unspecified atom stereocenters. The zero-order chi connectivity index (χ0) is 25.0. The SMILES string of the molecule is C#CC[C@H](NC(=O)CCC(=O)N(C)CCN(C)CC(F)(F)F)C(=O)NC[C@@H](O)CCC1CC1. The van der Waals surface area contributed by atoms with E-state index < -0.39 is 42.6 Å². The molecule has 0 radical (unpaired) electrons. The first-order chi connectivity index (χ1) is 15.4. The van der Waals surface area contributed by atoms with Gasteiger partial charge in [0, 0.05) is 45.9 Å². The molecule has 33 heavy (non-hydrogen) atoms. The number of hydrogen-bond acceptors (Lipinski definition) is 5. The van der Waals surface area contributed by atoms with E-state index in [4.69, 9.17) is 6.42 Å². The van der Waals surface area contributed by atoms with Crippen LogP contribution in [0, 0.1) is 18.3 Å². The molecule has 0 bridgehead atoms. The van der Waals surface area contributed by atoms with Gasteiger partial charge in [0.2, 0.25) is 17.7 Å². The molecule has 0 heterocycles. The van der Waals surface area contributed by atoms with Gasteiger partial charge < -0.3 is 20.6 Å². The molecule has 1 rings (SSSR count). The standard InChI is InChI=1S/C22H35F3N4O4/c1-4-5-18(21(33)26-14-17(30)9-8-16-6-7-16)27-19(31)10-11-20(32)29(3)13-12-28(2)15-22(23,24)25/h1,16-18,30H,5-15H2,2-3H3,(H,26,33)(H,27,31)/t17-,18-/m0/s1. The van der Waals surface area contributed by atoms with E-state index in [-0.39, 0.29) is 38.9 Å². The molecule has 0 spiro atoms. The van der Waals surface area contributed by atoms with E-state index in [2.05, 4.69) is 16.6 Å². The van der Waals surface area contributed by atoms with Gasteiger partial charge >= 0.3 is 6.18 Å². The molecule has 0 aromatic rings. The molecule has 8 nitrogen and oxygen atoms in total. The normalized spacial score (nSPS) is 15.5. The minimum absolute atomic E-state index is 0.0326. The van der Waals surface area contributed by atoms with Crippen LogP contribution in [0.4, 0.5) is 13.2 Å². The van der Waals surface area contributed by atoms with E-state index in [0.717, 1.165) is 11.3 Å². The predicted octanol–water partition coefficient (Wildman–Crippen LogP) is 0.895. The van der Waals surface area contributed by atoms with Crippen molar-refractivity contribution in [2.45, 2.75) is 63.3 Å². The van der Waals surface area contributed by atoms with Crippen molar-refractivity contribution < 1.29 is 32.7 Å². The summed E-state index contributed by atoms with van der Waals surface area (Å²) in [6, 6.07) is -0.984. The molecule has 1 aliphatic carbocycles. The van der Waals surface area contributed by atoms with E-state index in [0.29, 0.717) is 12.3 Å². The molecular weight excluding hydrogens is 441 g/mol. The van der Waals surface area contributed by atoms with Crippen molar-refractivity contribution >= 4 is 17.7 Å². The Labute approximate surface area is 193 Å². The first kappa shape index (κ1) is 28.7. The molecule has 1 saturated carbocycles. The van der Waals surface area contributed by atoms with Crippen molar-refractivity contribution in [2.24, 2.45) is 5.92 Å². The number of halogens is 3. The van der Waals surface area contributed by atoms with Gasteiger partial charge in [0.15, 0.2) is 0 Å². The van der Waals surface area contributed by atoms with Gasteiger partial charge in [-0.3, -0.25) is 19.3 Å². The van der Waals surface area contributed by atoms with Crippen molar-refractivity contribution in [1.29, 1.82) is 0 Å². The minimum Gasteiger partial charge on any atom is -0.391 e. The lowest BCUT2D eigenvalue weighted by molar-refractivity contribution is -0.144. The summed E-state index contributed by atoms with van der Waals surface area (Å²) in [7, 11) is 2.76. The summed E-state index contributed by atoms with van der Waals surface area (Å²) in [6.07, 6.45) is 3.78. The number of amides is 3. The molecule has 11 heteroatoms. The maximum absolute atomic E-state index is 12.3. The summed E-state index contributed by atoms with van der Waals surface area (Å²) in [5.74, 6) is 1.53. The van der Waals surface area contributed by atoms with Gasteiger partial charge in [0.05, 0.1) is 12.6 Å². The predicted molar refractivity (Wildman–Crippen MR) is 117 cm³/mol. The van der Waals surface area contributed by atoms with Crippen LogP contribution in [0.25, 0.3) is 0 Å². The van der Waals surface area contributed by atoms with Crippen LogP contribution in [0.1, 0.15) is 44.9 Å². The number of nitrogens with zero attached hydrogens (tertiary/aromatic N) is 2. The van der Waals surface area contributed by atoms with E-state index in [1.807, 2.05) is 0 Å². The van der Waals surface area contributed by atoms with Gasteiger partial charge in [0.25, 0.3) is 0 Å². The highest BCUT2D eigenvalue weighted by Gasteiger charge is 2.29. The fourth-order valence-corrected chi connectivity index (χ4v) is 3.11. The highest BCUT2D eigenvalue weighted by atomic mass is 19.4. The first-order valence-electron chi connectivity index (χ1n) is 11.1. The van der Waals surface area contributed by atoms with Crippen LogP contribution in [-0.4, -0.2) is 91.2 Å². The number of carbonyl (C=O) groups is 3. The number of alkyl halides is 3. The number of nitrogens with one attached hydrogen (secondary N) is 2. The Balaban J connectivity index is 2.34. The minimum atomic E-state index is -4.31. The Morgan fingerprint density at radius 1 is 1.18 bits per heavy atom. The number of carbonyl (C=O) groups excluding carboxylic acids is 3. The molecule has 2 atom stereocenters. The van der Waals surface area contributed by atoms with Crippen LogP contribution in [0.3, 0.4) is 0 Å². The topological polar surface area (TPSA) is 102 Å². The number of aliphatic hydroxyl groups is 1. The maximum atomic E-state index is 12.3.